The Morgan fingerprint density at radius 2 is 2.13 bits per heavy atom. The Hall–Kier alpha value is -2.00. The van der Waals surface area contributed by atoms with Crippen molar-refractivity contribution >= 4 is 27.3 Å². The first-order chi connectivity index (χ1) is 10.8. The quantitative estimate of drug-likeness (QED) is 0.853. The molecule has 0 aromatic carbocycles. The molecule has 0 spiro atoms. The third-order valence-electron chi connectivity index (χ3n) is 2.78. The summed E-state index contributed by atoms with van der Waals surface area (Å²) in [6.45, 7) is 5.87. The lowest BCUT2D eigenvalue weighted by Crippen LogP contribution is -2.30. The monoisotopic (exact) mass is 355 g/mol. The van der Waals surface area contributed by atoms with E-state index in [1.807, 2.05) is 18.6 Å². The molecule has 0 bridgehead atoms. The van der Waals surface area contributed by atoms with E-state index in [0.717, 1.165) is 16.3 Å². The van der Waals surface area contributed by atoms with Gasteiger partial charge in [-0.15, -0.1) is 11.3 Å². The van der Waals surface area contributed by atoms with Crippen LogP contribution < -0.4 is 9.46 Å². The van der Waals surface area contributed by atoms with Crippen LogP contribution in [0.15, 0.2) is 29.4 Å². The summed E-state index contributed by atoms with van der Waals surface area (Å²) in [5, 5.41) is 0.768. The third kappa shape index (κ3) is 4.05. The van der Waals surface area contributed by atoms with E-state index in [9.17, 15) is 13.2 Å². The molecule has 0 saturated heterocycles. The minimum absolute atomic E-state index is 0.0394. The fourth-order valence-corrected chi connectivity index (χ4v) is 3.66. The number of nitrogens with one attached hydrogen (secondary N) is 1. The van der Waals surface area contributed by atoms with Crippen LogP contribution in [-0.4, -0.2) is 30.9 Å². The number of aromatic nitrogens is 2. The van der Waals surface area contributed by atoms with E-state index in [4.69, 9.17) is 4.74 Å². The first-order valence-corrected chi connectivity index (χ1v) is 9.25. The fourth-order valence-electron chi connectivity index (χ4n) is 1.71. The zero-order chi connectivity index (χ0) is 17.0. The molecular weight excluding hydrogens is 338 g/mol. The number of sulfonamides is 1. The van der Waals surface area contributed by atoms with Gasteiger partial charge in [-0.25, -0.2) is 23.1 Å². The van der Waals surface area contributed by atoms with E-state index in [1.54, 1.807) is 6.92 Å². The van der Waals surface area contributed by atoms with Crippen molar-refractivity contribution in [2.75, 3.05) is 6.61 Å². The second kappa shape index (κ2) is 7.05. The highest BCUT2D eigenvalue weighted by atomic mass is 32.2. The first-order valence-electron chi connectivity index (χ1n) is 6.95. The van der Waals surface area contributed by atoms with Crippen molar-refractivity contribution < 1.29 is 17.9 Å². The Morgan fingerprint density at radius 1 is 1.39 bits per heavy atom. The Balaban J connectivity index is 2.25. The summed E-state index contributed by atoms with van der Waals surface area (Å²) in [5.74, 6) is -0.593. The molecule has 7 nitrogen and oxygen atoms in total. The van der Waals surface area contributed by atoms with Crippen LogP contribution in [0.1, 0.15) is 41.4 Å². The molecule has 0 unspecified atom stereocenters. The summed E-state index contributed by atoms with van der Waals surface area (Å²) in [6.07, 6.45) is 2.79. The lowest BCUT2D eigenvalue weighted by Gasteiger charge is -2.09. The summed E-state index contributed by atoms with van der Waals surface area (Å²) in [6, 6.07) is 2.80. The highest BCUT2D eigenvalue weighted by Crippen LogP contribution is 2.23. The maximum Gasteiger partial charge on any atom is 0.276 e. The number of carbonyl (C=O) groups excluding carboxylic acids is 1. The van der Waals surface area contributed by atoms with E-state index >= 15 is 0 Å². The molecule has 1 amide bonds. The molecule has 0 aliphatic carbocycles. The molecule has 2 aromatic heterocycles. The van der Waals surface area contributed by atoms with Crippen LogP contribution in [0.2, 0.25) is 0 Å². The Bertz CT molecular complexity index is 800. The number of pyridine rings is 1. The minimum atomic E-state index is -4.08. The number of ether oxygens (including phenoxy) is 1. The topological polar surface area (TPSA) is 98.2 Å². The molecule has 0 fully saturated rings. The number of nitrogens with zero attached hydrogens (tertiary/aromatic N) is 2. The molecular formula is C14H17N3O4S2. The molecule has 9 heteroatoms. The predicted molar refractivity (Wildman–Crippen MR) is 86.3 cm³/mol. The zero-order valence-corrected chi connectivity index (χ0v) is 14.6. The molecule has 2 aromatic rings. The molecule has 2 rings (SSSR count). The second-order valence-electron chi connectivity index (χ2n) is 4.89. The Kier molecular flexibility index (Phi) is 5.32. The standard InChI is InChI=1S/C14H17N3O4S2/c1-4-21-13-11(6-5-7-15-13)23(19,20)17-12(18)10-8-16-14(22-10)9(2)3/h5-9H,4H2,1-3H3,(H,17,18). The van der Waals surface area contributed by atoms with E-state index in [-0.39, 0.29) is 28.2 Å². The van der Waals surface area contributed by atoms with Gasteiger partial charge in [0, 0.05) is 12.1 Å². The van der Waals surface area contributed by atoms with Crippen LogP contribution in [0.25, 0.3) is 0 Å². The number of rotatable bonds is 6. The van der Waals surface area contributed by atoms with Gasteiger partial charge in [0.2, 0.25) is 5.88 Å². The lowest BCUT2D eigenvalue weighted by atomic mass is 10.2. The molecule has 0 radical (unpaired) electrons. The molecule has 23 heavy (non-hydrogen) atoms. The van der Waals surface area contributed by atoms with Crippen molar-refractivity contribution in [3.8, 4) is 5.88 Å². The Labute approximate surface area is 138 Å². The number of hydrogen-bond donors (Lipinski definition) is 1. The van der Waals surface area contributed by atoms with Crippen molar-refractivity contribution in [3.63, 3.8) is 0 Å². The van der Waals surface area contributed by atoms with Gasteiger partial charge in [-0.2, -0.15) is 0 Å². The van der Waals surface area contributed by atoms with Crippen molar-refractivity contribution in [2.24, 2.45) is 0 Å². The normalized spacial score (nSPS) is 11.5. The maximum absolute atomic E-state index is 12.4. The first kappa shape index (κ1) is 17.4. The third-order valence-corrected chi connectivity index (χ3v) is 5.42. The van der Waals surface area contributed by atoms with Crippen LogP contribution in [-0.2, 0) is 10.0 Å². The smallest absolute Gasteiger partial charge is 0.276 e. The molecule has 0 atom stereocenters. The summed E-state index contributed by atoms with van der Waals surface area (Å²) < 4.78 is 32.0. The molecule has 1 N–H and O–H groups in total. The van der Waals surface area contributed by atoms with Gasteiger partial charge in [0.05, 0.1) is 17.8 Å². The highest BCUT2D eigenvalue weighted by Gasteiger charge is 2.24. The van der Waals surface area contributed by atoms with Gasteiger partial charge in [-0.05, 0) is 19.1 Å². The van der Waals surface area contributed by atoms with Crippen molar-refractivity contribution in [3.05, 3.63) is 34.4 Å². The van der Waals surface area contributed by atoms with E-state index in [0.29, 0.717) is 0 Å². The lowest BCUT2D eigenvalue weighted by molar-refractivity contribution is 0.0985. The van der Waals surface area contributed by atoms with Crippen molar-refractivity contribution in [1.82, 2.24) is 14.7 Å². The van der Waals surface area contributed by atoms with Crippen LogP contribution in [0.3, 0.4) is 0 Å². The van der Waals surface area contributed by atoms with E-state index in [1.165, 1.54) is 24.5 Å². The van der Waals surface area contributed by atoms with Gasteiger partial charge < -0.3 is 4.74 Å². The van der Waals surface area contributed by atoms with Gasteiger partial charge in [0.1, 0.15) is 9.77 Å². The second-order valence-corrected chi connectivity index (χ2v) is 7.60. The van der Waals surface area contributed by atoms with Gasteiger partial charge in [-0.1, -0.05) is 13.8 Å². The summed E-state index contributed by atoms with van der Waals surface area (Å²) in [7, 11) is -4.08. The van der Waals surface area contributed by atoms with Gasteiger partial charge in [0.25, 0.3) is 15.9 Å². The van der Waals surface area contributed by atoms with Gasteiger partial charge >= 0.3 is 0 Å². The van der Waals surface area contributed by atoms with Crippen LogP contribution in [0, 0.1) is 0 Å². The predicted octanol–water partition coefficient (Wildman–Crippen LogP) is 2.18. The minimum Gasteiger partial charge on any atom is -0.477 e. The fraction of sp³-hybridized carbons (Fsp3) is 0.357. The molecule has 0 aliphatic heterocycles. The average molecular weight is 355 g/mol. The zero-order valence-electron chi connectivity index (χ0n) is 12.9. The van der Waals surface area contributed by atoms with Gasteiger partial charge in [0.15, 0.2) is 0 Å². The van der Waals surface area contributed by atoms with E-state index < -0.39 is 15.9 Å². The van der Waals surface area contributed by atoms with Crippen LogP contribution in [0.4, 0.5) is 0 Å². The highest BCUT2D eigenvalue weighted by molar-refractivity contribution is 7.90. The number of amides is 1. The Morgan fingerprint density at radius 3 is 2.74 bits per heavy atom. The molecule has 124 valence electrons. The number of hydrogen-bond acceptors (Lipinski definition) is 7. The number of thiazole rings is 1. The van der Waals surface area contributed by atoms with E-state index in [2.05, 4.69) is 9.97 Å². The van der Waals surface area contributed by atoms with Crippen LogP contribution in [0.5, 0.6) is 5.88 Å². The summed E-state index contributed by atoms with van der Waals surface area (Å²) in [4.78, 5) is 20.2. The summed E-state index contributed by atoms with van der Waals surface area (Å²) in [5.41, 5.74) is 0. The van der Waals surface area contributed by atoms with Crippen LogP contribution >= 0.6 is 11.3 Å². The average Bonchev–Trinajstić information content (AvgIpc) is 2.98. The number of carbonyl (C=O) groups is 1. The largest absolute Gasteiger partial charge is 0.477 e. The SMILES string of the molecule is CCOc1ncccc1S(=O)(=O)NC(=O)c1cnc(C(C)C)s1. The molecule has 0 aliphatic rings. The van der Waals surface area contributed by atoms with Crippen molar-refractivity contribution in [1.29, 1.82) is 0 Å². The van der Waals surface area contributed by atoms with Gasteiger partial charge in [-0.3, -0.25) is 4.79 Å². The summed E-state index contributed by atoms with van der Waals surface area (Å²) >= 11 is 1.16. The maximum atomic E-state index is 12.4. The molecule has 0 saturated carbocycles. The molecule has 2 heterocycles. The van der Waals surface area contributed by atoms with Crippen molar-refractivity contribution in [2.45, 2.75) is 31.6 Å².